The van der Waals surface area contributed by atoms with Gasteiger partial charge >= 0.3 is 6.03 Å². The molecule has 0 radical (unpaired) electrons. The molecule has 0 atom stereocenters. The van der Waals surface area contributed by atoms with Crippen molar-refractivity contribution in [2.75, 3.05) is 5.32 Å². The lowest BCUT2D eigenvalue weighted by atomic mass is 10.2. The fraction of sp³-hybridized carbons (Fsp3) is 0.118. The van der Waals surface area contributed by atoms with Crippen LogP contribution in [0.25, 0.3) is 11.4 Å². The predicted molar refractivity (Wildman–Crippen MR) is 91.6 cm³/mol. The molecule has 25 heavy (non-hydrogen) atoms. The second-order valence-corrected chi connectivity index (χ2v) is 5.33. The van der Waals surface area contributed by atoms with E-state index in [9.17, 15) is 9.59 Å². The van der Waals surface area contributed by atoms with Crippen LogP contribution in [0.5, 0.6) is 0 Å². The van der Waals surface area contributed by atoms with Gasteiger partial charge in [-0.15, -0.1) is 10.2 Å². The van der Waals surface area contributed by atoms with Gasteiger partial charge in [0.2, 0.25) is 5.82 Å². The van der Waals surface area contributed by atoms with Gasteiger partial charge in [0.1, 0.15) is 6.54 Å². The topological polar surface area (TPSA) is 102 Å². The maximum Gasteiger partial charge on any atom is 0.325 e. The smallest absolute Gasteiger partial charge is 0.307 e. The molecule has 126 valence electrons. The minimum atomic E-state index is -0.609. The van der Waals surface area contributed by atoms with Crippen molar-refractivity contribution in [3.05, 3.63) is 60.2 Å². The summed E-state index contributed by atoms with van der Waals surface area (Å²) in [4.78, 5) is 25.0. The monoisotopic (exact) mass is 336 g/mol. The highest BCUT2D eigenvalue weighted by atomic mass is 16.2. The van der Waals surface area contributed by atoms with E-state index in [1.165, 1.54) is 0 Å². The molecular formula is C17H16N6O2. The van der Waals surface area contributed by atoms with Crippen molar-refractivity contribution in [2.45, 2.75) is 13.5 Å². The van der Waals surface area contributed by atoms with Gasteiger partial charge in [-0.3, -0.25) is 10.1 Å². The van der Waals surface area contributed by atoms with Crippen LogP contribution in [0.15, 0.2) is 54.6 Å². The summed E-state index contributed by atoms with van der Waals surface area (Å²) in [6, 6.07) is 16.0. The van der Waals surface area contributed by atoms with Crippen LogP contribution in [0.3, 0.4) is 0 Å². The van der Waals surface area contributed by atoms with Crippen LogP contribution >= 0.6 is 0 Å². The van der Waals surface area contributed by atoms with Gasteiger partial charge in [0.15, 0.2) is 0 Å². The zero-order valence-corrected chi connectivity index (χ0v) is 13.5. The average Bonchev–Trinajstić information content (AvgIpc) is 3.06. The van der Waals surface area contributed by atoms with Gasteiger partial charge in [0.05, 0.1) is 0 Å². The average molecular weight is 336 g/mol. The quantitative estimate of drug-likeness (QED) is 0.759. The van der Waals surface area contributed by atoms with Gasteiger partial charge in [-0.25, -0.2) is 4.79 Å². The van der Waals surface area contributed by atoms with Crippen molar-refractivity contribution < 1.29 is 9.59 Å². The molecule has 0 aliphatic rings. The van der Waals surface area contributed by atoms with Crippen molar-refractivity contribution in [3.63, 3.8) is 0 Å². The second kappa shape index (κ2) is 7.35. The first-order valence-corrected chi connectivity index (χ1v) is 7.61. The van der Waals surface area contributed by atoms with Crippen molar-refractivity contribution in [2.24, 2.45) is 0 Å². The summed E-state index contributed by atoms with van der Waals surface area (Å²) in [5.74, 6) is -0.124. The highest BCUT2D eigenvalue weighted by molar-refractivity contribution is 6.01. The molecule has 0 spiro atoms. The number of carbonyl (C=O) groups is 2. The number of aryl methyl sites for hydroxylation is 1. The largest absolute Gasteiger partial charge is 0.325 e. The van der Waals surface area contributed by atoms with E-state index in [1.54, 1.807) is 12.1 Å². The molecule has 3 rings (SSSR count). The van der Waals surface area contributed by atoms with E-state index in [-0.39, 0.29) is 6.54 Å². The van der Waals surface area contributed by atoms with Crippen molar-refractivity contribution in [1.29, 1.82) is 0 Å². The molecule has 0 saturated heterocycles. The molecule has 3 aromatic rings. The number of imide groups is 1. The number of tetrazole rings is 1. The molecule has 1 heterocycles. The second-order valence-electron chi connectivity index (χ2n) is 5.33. The number of nitrogens with zero attached hydrogens (tertiary/aromatic N) is 4. The van der Waals surface area contributed by atoms with Crippen LogP contribution in [0.1, 0.15) is 5.56 Å². The van der Waals surface area contributed by atoms with Crippen molar-refractivity contribution >= 4 is 17.6 Å². The molecule has 0 unspecified atom stereocenters. The molecular weight excluding hydrogens is 320 g/mol. The summed E-state index contributed by atoms with van der Waals surface area (Å²) in [7, 11) is 0. The van der Waals surface area contributed by atoms with E-state index >= 15 is 0 Å². The summed E-state index contributed by atoms with van der Waals surface area (Å²) in [5.41, 5.74) is 2.33. The maximum absolute atomic E-state index is 11.9. The van der Waals surface area contributed by atoms with Gasteiger partial charge < -0.3 is 5.32 Å². The molecule has 2 aromatic carbocycles. The number of para-hydroxylation sites is 1. The molecule has 8 heteroatoms. The van der Waals surface area contributed by atoms with Crippen LogP contribution in [0, 0.1) is 6.92 Å². The van der Waals surface area contributed by atoms with Gasteiger partial charge in [-0.2, -0.15) is 4.80 Å². The number of aromatic nitrogens is 4. The van der Waals surface area contributed by atoms with E-state index in [0.29, 0.717) is 11.5 Å². The van der Waals surface area contributed by atoms with Gasteiger partial charge in [-0.05, 0) is 23.8 Å². The third-order valence-corrected chi connectivity index (χ3v) is 3.42. The Kier molecular flexibility index (Phi) is 4.79. The van der Waals surface area contributed by atoms with Crippen molar-refractivity contribution in [1.82, 2.24) is 25.5 Å². The summed E-state index contributed by atoms with van der Waals surface area (Å²) in [5, 5.41) is 16.7. The van der Waals surface area contributed by atoms with E-state index in [0.717, 1.165) is 15.9 Å². The molecule has 0 aliphatic carbocycles. The Balaban J connectivity index is 1.57. The first kappa shape index (κ1) is 16.3. The van der Waals surface area contributed by atoms with Crippen LogP contribution in [0.4, 0.5) is 10.5 Å². The lowest BCUT2D eigenvalue weighted by Gasteiger charge is -2.08. The van der Waals surface area contributed by atoms with E-state index in [4.69, 9.17) is 0 Å². The molecule has 8 nitrogen and oxygen atoms in total. The number of rotatable bonds is 4. The third-order valence-electron chi connectivity index (χ3n) is 3.42. The zero-order valence-electron chi connectivity index (χ0n) is 13.5. The summed E-state index contributed by atoms with van der Waals surface area (Å²) >= 11 is 0. The van der Waals surface area contributed by atoms with Gasteiger partial charge in [-0.1, -0.05) is 48.5 Å². The van der Waals surface area contributed by atoms with E-state index in [1.807, 2.05) is 49.4 Å². The van der Waals surface area contributed by atoms with Gasteiger partial charge in [0, 0.05) is 11.3 Å². The minimum absolute atomic E-state index is 0.207. The Labute approximate surface area is 143 Å². The Morgan fingerprint density at radius 3 is 2.52 bits per heavy atom. The number of hydrogen-bond donors (Lipinski definition) is 2. The Bertz CT molecular complexity index is 891. The Hall–Kier alpha value is -3.55. The van der Waals surface area contributed by atoms with E-state index in [2.05, 4.69) is 26.0 Å². The molecule has 1 aromatic heterocycles. The fourth-order valence-electron chi connectivity index (χ4n) is 2.17. The molecule has 0 aliphatic heterocycles. The number of benzene rings is 2. The Morgan fingerprint density at radius 1 is 1.04 bits per heavy atom. The highest BCUT2D eigenvalue weighted by Gasteiger charge is 2.12. The van der Waals surface area contributed by atoms with E-state index < -0.39 is 11.9 Å². The number of anilines is 1. The Morgan fingerprint density at radius 2 is 1.76 bits per heavy atom. The van der Waals surface area contributed by atoms with Crippen molar-refractivity contribution in [3.8, 4) is 11.4 Å². The number of amides is 3. The standard InChI is InChI=1S/C17H16N6O2/c1-12-7-5-6-10-14(12)18-17(25)19-15(24)11-23-21-16(20-22-23)13-8-3-2-4-9-13/h2-10H,11H2,1H3,(H2,18,19,24,25). The van der Waals surface area contributed by atoms with Crippen LogP contribution < -0.4 is 10.6 Å². The summed E-state index contributed by atoms with van der Waals surface area (Å²) < 4.78 is 0. The summed E-state index contributed by atoms with van der Waals surface area (Å²) in [6.07, 6.45) is 0. The molecule has 2 N–H and O–H groups in total. The molecule has 0 fully saturated rings. The minimum Gasteiger partial charge on any atom is -0.307 e. The number of hydrogen-bond acceptors (Lipinski definition) is 5. The number of carbonyl (C=O) groups excluding carboxylic acids is 2. The summed E-state index contributed by atoms with van der Waals surface area (Å²) in [6.45, 7) is 1.66. The highest BCUT2D eigenvalue weighted by Crippen LogP contribution is 2.13. The normalized spacial score (nSPS) is 10.3. The van der Waals surface area contributed by atoms with Crippen LogP contribution in [0.2, 0.25) is 0 Å². The van der Waals surface area contributed by atoms with Crippen LogP contribution in [-0.4, -0.2) is 32.1 Å². The zero-order chi connectivity index (χ0) is 17.6. The fourth-order valence-corrected chi connectivity index (χ4v) is 2.17. The maximum atomic E-state index is 11.9. The first-order valence-electron chi connectivity index (χ1n) is 7.61. The third kappa shape index (κ3) is 4.25. The molecule has 3 amide bonds. The van der Waals surface area contributed by atoms with Crippen LogP contribution in [-0.2, 0) is 11.3 Å². The number of urea groups is 1. The lowest BCUT2D eigenvalue weighted by Crippen LogP contribution is -2.37. The lowest BCUT2D eigenvalue weighted by molar-refractivity contribution is -0.120. The molecule has 0 bridgehead atoms. The number of nitrogens with one attached hydrogen (secondary N) is 2. The predicted octanol–water partition coefficient (Wildman–Crippen LogP) is 2.00. The SMILES string of the molecule is Cc1ccccc1NC(=O)NC(=O)Cn1nnc(-c2ccccc2)n1. The molecule has 0 saturated carbocycles. The first-order chi connectivity index (χ1) is 12.1. The van der Waals surface area contributed by atoms with Gasteiger partial charge in [0.25, 0.3) is 5.91 Å².